The minimum atomic E-state index is -0.569. The minimum Gasteiger partial charge on any atom is -0.492 e. The predicted octanol–water partition coefficient (Wildman–Crippen LogP) is 2.51. The van der Waals surface area contributed by atoms with Crippen molar-refractivity contribution in [3.8, 4) is 23.0 Å². The number of carbonyl (C=O) groups excluding carboxylic acids is 1. The maximum atomic E-state index is 13.3. The van der Waals surface area contributed by atoms with Crippen molar-refractivity contribution in [2.45, 2.75) is 6.92 Å². The number of nitrogens with zero attached hydrogens (tertiary/aromatic N) is 7. The number of methoxy groups -OCH3 is 1. The van der Waals surface area contributed by atoms with E-state index in [2.05, 4.69) is 51.3 Å². The van der Waals surface area contributed by atoms with E-state index in [0.717, 1.165) is 12.4 Å². The lowest BCUT2D eigenvalue weighted by molar-refractivity contribution is 0.0958. The van der Waals surface area contributed by atoms with Gasteiger partial charge >= 0.3 is 0 Å². The summed E-state index contributed by atoms with van der Waals surface area (Å²) in [6.45, 7) is 2.31. The van der Waals surface area contributed by atoms with Gasteiger partial charge in [0.25, 0.3) is 5.91 Å². The highest BCUT2D eigenvalue weighted by Crippen LogP contribution is 2.35. The van der Waals surface area contributed by atoms with Crippen molar-refractivity contribution in [1.29, 1.82) is 0 Å². The zero-order chi connectivity index (χ0) is 25.5. The molecule has 14 heteroatoms. The van der Waals surface area contributed by atoms with Crippen LogP contribution in [-0.2, 0) is 0 Å². The first-order chi connectivity index (χ1) is 17.5. The quantitative estimate of drug-likeness (QED) is 0.313. The maximum Gasteiger partial charge on any atom is 0.273 e. The summed E-state index contributed by atoms with van der Waals surface area (Å²) < 4.78 is 24.1. The molecule has 13 nitrogen and oxygen atoms in total. The molecular formula is C22H21FN10O3. The fourth-order valence-corrected chi connectivity index (χ4v) is 3.08. The Morgan fingerprint density at radius 1 is 1.00 bits per heavy atom. The van der Waals surface area contributed by atoms with Crippen LogP contribution in [0.2, 0.25) is 0 Å². The van der Waals surface area contributed by atoms with Crippen LogP contribution in [-0.4, -0.2) is 62.0 Å². The molecule has 4 aromatic heterocycles. The van der Waals surface area contributed by atoms with E-state index in [4.69, 9.17) is 9.47 Å². The summed E-state index contributed by atoms with van der Waals surface area (Å²) in [5, 5.41) is 24.6. The first-order valence-corrected chi connectivity index (χ1v) is 10.6. The molecule has 0 bridgehead atoms. The number of amides is 1. The van der Waals surface area contributed by atoms with E-state index >= 15 is 0 Å². The number of halogens is 1. The van der Waals surface area contributed by atoms with Gasteiger partial charge in [0.1, 0.15) is 0 Å². The van der Waals surface area contributed by atoms with Gasteiger partial charge in [-0.05, 0) is 19.1 Å². The Bertz CT molecular complexity index is 1350. The monoisotopic (exact) mass is 492 g/mol. The van der Waals surface area contributed by atoms with E-state index < -0.39 is 11.7 Å². The van der Waals surface area contributed by atoms with E-state index in [-0.39, 0.29) is 34.6 Å². The molecule has 0 aromatic carbocycles. The third-order valence-corrected chi connectivity index (χ3v) is 4.65. The molecule has 0 radical (unpaired) electrons. The molecule has 0 unspecified atom stereocenters. The lowest BCUT2D eigenvalue weighted by Crippen LogP contribution is -2.21. The molecule has 3 N–H and O–H groups in total. The van der Waals surface area contributed by atoms with Crippen LogP contribution in [0.5, 0.6) is 11.6 Å². The van der Waals surface area contributed by atoms with Gasteiger partial charge in [-0.1, -0.05) is 0 Å². The number of nitrogens with one attached hydrogen (secondary N) is 3. The van der Waals surface area contributed by atoms with Gasteiger partial charge < -0.3 is 25.4 Å². The molecule has 4 heterocycles. The molecule has 4 rings (SSSR count). The van der Waals surface area contributed by atoms with Gasteiger partial charge in [0.15, 0.2) is 40.5 Å². The summed E-state index contributed by atoms with van der Waals surface area (Å²) >= 11 is 0. The molecule has 0 spiro atoms. The average Bonchev–Trinajstić information content (AvgIpc) is 2.90. The van der Waals surface area contributed by atoms with Crippen molar-refractivity contribution < 1.29 is 18.7 Å². The van der Waals surface area contributed by atoms with Gasteiger partial charge in [-0.2, -0.15) is 0 Å². The largest absolute Gasteiger partial charge is 0.492 e. The highest BCUT2D eigenvalue weighted by Gasteiger charge is 2.19. The Kier molecular flexibility index (Phi) is 7.33. The molecule has 0 saturated carbocycles. The van der Waals surface area contributed by atoms with Gasteiger partial charge in [-0.25, -0.2) is 19.3 Å². The van der Waals surface area contributed by atoms with Crippen LogP contribution in [0.15, 0.2) is 42.9 Å². The maximum absolute atomic E-state index is 13.3. The second kappa shape index (κ2) is 10.9. The first-order valence-electron chi connectivity index (χ1n) is 10.6. The molecule has 0 saturated heterocycles. The molecule has 36 heavy (non-hydrogen) atoms. The lowest BCUT2D eigenvalue weighted by Gasteiger charge is -2.15. The van der Waals surface area contributed by atoms with E-state index in [1.54, 1.807) is 24.3 Å². The summed E-state index contributed by atoms with van der Waals surface area (Å²) in [5.74, 6) is 0.751. The summed E-state index contributed by atoms with van der Waals surface area (Å²) in [4.78, 5) is 24.8. The second-order valence-corrected chi connectivity index (χ2v) is 6.98. The van der Waals surface area contributed by atoms with Crippen LogP contribution < -0.4 is 25.4 Å². The van der Waals surface area contributed by atoms with E-state index in [1.807, 2.05) is 6.92 Å². The number of anilines is 4. The van der Waals surface area contributed by atoms with Gasteiger partial charge in [-0.3, -0.25) is 4.79 Å². The van der Waals surface area contributed by atoms with E-state index in [0.29, 0.717) is 23.9 Å². The van der Waals surface area contributed by atoms with Crippen LogP contribution in [0.1, 0.15) is 17.4 Å². The Morgan fingerprint density at radius 2 is 1.78 bits per heavy atom. The average molecular weight is 492 g/mol. The van der Waals surface area contributed by atoms with Crippen LogP contribution in [0.4, 0.5) is 27.5 Å². The molecule has 0 atom stereocenters. The number of ether oxygens (including phenoxy) is 2. The molecule has 0 aliphatic heterocycles. The summed E-state index contributed by atoms with van der Waals surface area (Å²) in [6, 6.07) is 6.50. The Hall–Kier alpha value is -5.01. The third-order valence-electron chi connectivity index (χ3n) is 4.65. The van der Waals surface area contributed by atoms with Gasteiger partial charge in [0.05, 0.1) is 37.4 Å². The number of hydrogen-bond acceptors (Lipinski definition) is 12. The SMILES string of the molecule is CCOc1ccc(Nc2cc(Nc3nccc(-c4ncc(F)cn4)c3OC)c(C(=O)NC)nn2)nn1. The summed E-state index contributed by atoms with van der Waals surface area (Å²) in [6.07, 6.45) is 3.59. The number of carbonyl (C=O) groups is 1. The van der Waals surface area contributed by atoms with Crippen molar-refractivity contribution in [3.63, 3.8) is 0 Å². The van der Waals surface area contributed by atoms with Crippen LogP contribution in [0, 0.1) is 5.82 Å². The zero-order valence-electron chi connectivity index (χ0n) is 19.5. The fourth-order valence-electron chi connectivity index (χ4n) is 3.08. The van der Waals surface area contributed by atoms with Gasteiger partial charge in [0, 0.05) is 25.4 Å². The lowest BCUT2D eigenvalue weighted by atomic mass is 10.2. The molecule has 184 valence electrons. The standard InChI is InChI=1S/C22H21FN10O3/c1-4-36-17-6-5-15(30-32-17)29-16-9-14(18(33-31-16)22(34)24-2)28-21-19(35-3)13(7-8-25-21)20-26-10-12(23)11-27-20/h5-11H,4H2,1-3H3,(H,24,34)(H2,25,28,29,30,31). The normalized spacial score (nSPS) is 10.4. The Morgan fingerprint density at radius 3 is 2.44 bits per heavy atom. The molecule has 0 aliphatic rings. The van der Waals surface area contributed by atoms with Crippen LogP contribution in [0.3, 0.4) is 0 Å². The topological polar surface area (TPSA) is 162 Å². The number of hydrogen-bond donors (Lipinski definition) is 3. The summed E-state index contributed by atoms with van der Waals surface area (Å²) in [5.41, 5.74) is 0.739. The highest BCUT2D eigenvalue weighted by molar-refractivity contribution is 5.98. The zero-order valence-corrected chi connectivity index (χ0v) is 19.5. The van der Waals surface area contributed by atoms with Crippen molar-refractivity contribution in [2.75, 3.05) is 31.4 Å². The molecule has 4 aromatic rings. The van der Waals surface area contributed by atoms with Crippen molar-refractivity contribution in [1.82, 2.24) is 40.7 Å². The second-order valence-electron chi connectivity index (χ2n) is 6.98. The minimum absolute atomic E-state index is 0.00752. The molecule has 0 aliphatic carbocycles. The Labute approximate surface area is 204 Å². The van der Waals surface area contributed by atoms with Crippen molar-refractivity contribution in [3.05, 3.63) is 54.4 Å². The number of rotatable bonds is 9. The van der Waals surface area contributed by atoms with Crippen LogP contribution >= 0.6 is 0 Å². The van der Waals surface area contributed by atoms with Gasteiger partial charge in [-0.15, -0.1) is 20.4 Å². The molecule has 0 fully saturated rings. The number of pyridine rings is 1. The first kappa shape index (κ1) is 24.1. The molecular weight excluding hydrogens is 471 g/mol. The van der Waals surface area contributed by atoms with Gasteiger partial charge in [0.2, 0.25) is 5.88 Å². The Balaban J connectivity index is 1.68. The number of aromatic nitrogens is 7. The smallest absolute Gasteiger partial charge is 0.273 e. The fraction of sp³-hybridized carbons (Fsp3) is 0.182. The van der Waals surface area contributed by atoms with E-state index in [1.165, 1.54) is 20.4 Å². The molecule has 1 amide bonds. The van der Waals surface area contributed by atoms with E-state index in [9.17, 15) is 9.18 Å². The third kappa shape index (κ3) is 5.38. The van der Waals surface area contributed by atoms with Crippen LogP contribution in [0.25, 0.3) is 11.4 Å². The van der Waals surface area contributed by atoms with Crippen molar-refractivity contribution >= 4 is 29.0 Å². The summed E-state index contributed by atoms with van der Waals surface area (Å²) in [7, 11) is 2.91. The predicted molar refractivity (Wildman–Crippen MR) is 127 cm³/mol. The van der Waals surface area contributed by atoms with Crippen molar-refractivity contribution in [2.24, 2.45) is 0 Å². The highest BCUT2D eigenvalue weighted by atomic mass is 19.1.